The van der Waals surface area contributed by atoms with E-state index in [1.54, 1.807) is 22.9 Å². The van der Waals surface area contributed by atoms with Gasteiger partial charge in [-0.25, -0.2) is 9.78 Å². The van der Waals surface area contributed by atoms with Crippen LogP contribution in [0.3, 0.4) is 0 Å². The molecule has 3 aromatic heterocycles. The number of aromatic nitrogens is 3. The minimum atomic E-state index is -0.297. The standard InChI is InChI=1S/C22H22N4O3/c1-14(2)26-21-18(9-6-12-23-21)25(22(26)28)13-20(27)24-17-8-5-4-7-16(17)19-11-10-15(3)29-19/h4-12,14H,13H2,1-3H3,(H,24,27). The van der Waals surface area contributed by atoms with Gasteiger partial charge in [0, 0.05) is 17.8 Å². The third-order valence-corrected chi connectivity index (χ3v) is 4.75. The Hall–Kier alpha value is -3.61. The molecule has 0 aliphatic carbocycles. The molecule has 0 radical (unpaired) electrons. The number of anilines is 1. The molecule has 0 aliphatic heterocycles. The van der Waals surface area contributed by atoms with Gasteiger partial charge in [-0.05, 0) is 57.2 Å². The number of benzene rings is 1. The van der Waals surface area contributed by atoms with Gasteiger partial charge >= 0.3 is 5.69 Å². The summed E-state index contributed by atoms with van der Waals surface area (Å²) in [6.07, 6.45) is 1.65. The van der Waals surface area contributed by atoms with Gasteiger partial charge in [0.25, 0.3) is 0 Å². The van der Waals surface area contributed by atoms with Crippen molar-refractivity contribution in [2.75, 3.05) is 5.32 Å². The van der Waals surface area contributed by atoms with Crippen LogP contribution in [0.25, 0.3) is 22.5 Å². The summed E-state index contributed by atoms with van der Waals surface area (Å²) in [5, 5.41) is 2.91. The Labute approximate surface area is 167 Å². The summed E-state index contributed by atoms with van der Waals surface area (Å²) < 4.78 is 8.75. The van der Waals surface area contributed by atoms with E-state index in [4.69, 9.17) is 4.42 Å². The molecule has 7 nitrogen and oxygen atoms in total. The van der Waals surface area contributed by atoms with E-state index < -0.39 is 0 Å². The van der Waals surface area contributed by atoms with Gasteiger partial charge < -0.3 is 9.73 Å². The predicted octanol–water partition coefficient (Wildman–Crippen LogP) is 3.99. The summed E-state index contributed by atoms with van der Waals surface area (Å²) in [6, 6.07) is 14.7. The highest BCUT2D eigenvalue weighted by Gasteiger charge is 2.19. The Bertz CT molecular complexity index is 1250. The number of nitrogens with one attached hydrogen (secondary N) is 1. The van der Waals surface area contributed by atoms with E-state index in [1.807, 2.05) is 57.2 Å². The lowest BCUT2D eigenvalue weighted by atomic mass is 10.1. The first kappa shape index (κ1) is 18.7. The molecule has 4 rings (SSSR count). The molecule has 0 fully saturated rings. The molecular formula is C22H22N4O3. The van der Waals surface area contributed by atoms with Gasteiger partial charge in [-0.1, -0.05) is 12.1 Å². The third-order valence-electron chi connectivity index (χ3n) is 4.75. The summed E-state index contributed by atoms with van der Waals surface area (Å²) in [6.45, 7) is 5.60. The smallest absolute Gasteiger partial charge is 0.331 e. The number of rotatable bonds is 5. The lowest BCUT2D eigenvalue weighted by molar-refractivity contribution is -0.116. The molecule has 0 saturated carbocycles. The second-order valence-electron chi connectivity index (χ2n) is 7.18. The van der Waals surface area contributed by atoms with Gasteiger partial charge in [0.2, 0.25) is 5.91 Å². The van der Waals surface area contributed by atoms with Crippen molar-refractivity contribution in [3.8, 4) is 11.3 Å². The largest absolute Gasteiger partial charge is 0.461 e. The van der Waals surface area contributed by atoms with E-state index in [-0.39, 0.29) is 24.2 Å². The monoisotopic (exact) mass is 390 g/mol. The lowest BCUT2D eigenvalue weighted by Gasteiger charge is -2.10. The summed E-state index contributed by atoms with van der Waals surface area (Å²) in [4.78, 5) is 30.0. The maximum absolute atomic E-state index is 12.9. The normalized spacial score (nSPS) is 11.3. The summed E-state index contributed by atoms with van der Waals surface area (Å²) in [5.74, 6) is 1.17. The van der Waals surface area contributed by atoms with Crippen LogP contribution in [-0.2, 0) is 11.3 Å². The zero-order valence-electron chi connectivity index (χ0n) is 16.5. The SMILES string of the molecule is Cc1ccc(-c2ccccc2NC(=O)Cn2c(=O)n(C(C)C)c3ncccc32)o1. The van der Waals surface area contributed by atoms with E-state index >= 15 is 0 Å². The molecule has 1 N–H and O–H groups in total. The third kappa shape index (κ3) is 3.47. The molecule has 0 spiro atoms. The number of carbonyl (C=O) groups is 1. The van der Waals surface area contributed by atoms with Gasteiger partial charge in [0.1, 0.15) is 18.1 Å². The second-order valence-corrected chi connectivity index (χ2v) is 7.18. The molecule has 1 amide bonds. The first-order chi connectivity index (χ1) is 14.0. The van der Waals surface area contributed by atoms with E-state index in [0.717, 1.165) is 11.3 Å². The minimum Gasteiger partial charge on any atom is -0.461 e. The minimum absolute atomic E-state index is 0.0628. The molecular weight excluding hydrogens is 368 g/mol. The Balaban J connectivity index is 1.66. The number of hydrogen-bond acceptors (Lipinski definition) is 4. The van der Waals surface area contributed by atoms with E-state index in [9.17, 15) is 9.59 Å². The number of fused-ring (bicyclic) bond motifs is 1. The quantitative estimate of drug-likeness (QED) is 0.559. The molecule has 0 unspecified atom stereocenters. The number of nitrogens with zero attached hydrogens (tertiary/aromatic N) is 3. The van der Waals surface area contributed by atoms with Crippen molar-refractivity contribution in [1.82, 2.24) is 14.1 Å². The number of hydrogen-bond donors (Lipinski definition) is 1. The van der Waals surface area contributed by atoms with Gasteiger partial charge in [0.15, 0.2) is 5.65 Å². The van der Waals surface area contributed by atoms with Crippen molar-refractivity contribution < 1.29 is 9.21 Å². The average molecular weight is 390 g/mol. The molecule has 0 saturated heterocycles. The molecule has 148 valence electrons. The van der Waals surface area contributed by atoms with E-state index in [2.05, 4.69) is 10.3 Å². The van der Waals surface area contributed by atoms with Crippen molar-refractivity contribution in [2.24, 2.45) is 0 Å². The van der Waals surface area contributed by atoms with Crippen LogP contribution in [-0.4, -0.2) is 20.0 Å². The topological polar surface area (TPSA) is 82.1 Å². The molecule has 0 aliphatic rings. The number of para-hydroxylation sites is 1. The van der Waals surface area contributed by atoms with Gasteiger partial charge in [-0.3, -0.25) is 13.9 Å². The highest BCUT2D eigenvalue weighted by molar-refractivity contribution is 5.95. The van der Waals surface area contributed by atoms with Crippen LogP contribution >= 0.6 is 0 Å². The second kappa shape index (κ2) is 7.43. The number of carbonyl (C=O) groups excluding carboxylic acids is 1. The van der Waals surface area contributed by atoms with Crippen LogP contribution in [0.1, 0.15) is 25.6 Å². The zero-order chi connectivity index (χ0) is 20.5. The van der Waals surface area contributed by atoms with Gasteiger partial charge in [0.05, 0.1) is 11.2 Å². The molecule has 1 aromatic carbocycles. The van der Waals surface area contributed by atoms with Crippen LogP contribution in [0, 0.1) is 6.92 Å². The average Bonchev–Trinajstić information content (AvgIpc) is 3.24. The maximum atomic E-state index is 12.9. The van der Waals surface area contributed by atoms with Crippen LogP contribution in [0.5, 0.6) is 0 Å². The maximum Gasteiger partial charge on any atom is 0.331 e. The Kier molecular flexibility index (Phi) is 4.80. The fraction of sp³-hybridized carbons (Fsp3) is 0.227. The number of aryl methyl sites for hydroxylation is 1. The highest BCUT2D eigenvalue weighted by Crippen LogP contribution is 2.29. The van der Waals surface area contributed by atoms with Crippen LogP contribution < -0.4 is 11.0 Å². The van der Waals surface area contributed by atoms with Crippen molar-refractivity contribution >= 4 is 22.8 Å². The Morgan fingerprint density at radius 2 is 1.93 bits per heavy atom. The fourth-order valence-corrected chi connectivity index (χ4v) is 3.45. The molecule has 4 aromatic rings. The number of furan rings is 1. The molecule has 7 heteroatoms. The summed E-state index contributed by atoms with van der Waals surface area (Å²) in [7, 11) is 0. The molecule has 0 atom stereocenters. The number of imidazole rings is 1. The van der Waals surface area contributed by atoms with Gasteiger partial charge in [-0.15, -0.1) is 0 Å². The van der Waals surface area contributed by atoms with Crippen molar-refractivity contribution in [3.05, 3.63) is 71.0 Å². The van der Waals surface area contributed by atoms with E-state index in [1.165, 1.54) is 4.57 Å². The number of pyridine rings is 1. The van der Waals surface area contributed by atoms with Crippen molar-refractivity contribution in [1.29, 1.82) is 0 Å². The van der Waals surface area contributed by atoms with Crippen LogP contribution in [0.4, 0.5) is 5.69 Å². The highest BCUT2D eigenvalue weighted by atomic mass is 16.3. The lowest BCUT2D eigenvalue weighted by Crippen LogP contribution is -2.30. The van der Waals surface area contributed by atoms with E-state index in [0.29, 0.717) is 22.6 Å². The predicted molar refractivity (Wildman–Crippen MR) is 112 cm³/mol. The zero-order valence-corrected chi connectivity index (χ0v) is 16.5. The van der Waals surface area contributed by atoms with Crippen molar-refractivity contribution in [3.63, 3.8) is 0 Å². The summed E-state index contributed by atoms with van der Waals surface area (Å²) in [5.41, 5.74) is 2.38. The number of amides is 1. The Morgan fingerprint density at radius 3 is 2.66 bits per heavy atom. The summed E-state index contributed by atoms with van der Waals surface area (Å²) >= 11 is 0. The van der Waals surface area contributed by atoms with Crippen molar-refractivity contribution in [2.45, 2.75) is 33.4 Å². The first-order valence-corrected chi connectivity index (χ1v) is 9.47. The van der Waals surface area contributed by atoms with Crippen LogP contribution in [0.2, 0.25) is 0 Å². The Morgan fingerprint density at radius 1 is 1.14 bits per heavy atom. The van der Waals surface area contributed by atoms with Crippen LogP contribution in [0.15, 0.2) is 63.9 Å². The van der Waals surface area contributed by atoms with Gasteiger partial charge in [-0.2, -0.15) is 0 Å². The molecule has 0 bridgehead atoms. The fourth-order valence-electron chi connectivity index (χ4n) is 3.45. The first-order valence-electron chi connectivity index (χ1n) is 9.47. The molecule has 3 heterocycles. The molecule has 29 heavy (non-hydrogen) atoms.